The van der Waals surface area contributed by atoms with E-state index in [4.69, 9.17) is 5.11 Å². The molecule has 1 aromatic rings. The first kappa shape index (κ1) is 14.1. The van der Waals surface area contributed by atoms with Crippen LogP contribution in [0.15, 0.2) is 22.7 Å². The van der Waals surface area contributed by atoms with Crippen LogP contribution in [0.1, 0.15) is 24.2 Å². The second-order valence-electron chi connectivity index (χ2n) is 4.63. The molecule has 17 heavy (non-hydrogen) atoms. The lowest BCUT2D eigenvalue weighted by Crippen LogP contribution is -2.36. The number of nitrogens with one attached hydrogen (secondary N) is 1. The Morgan fingerprint density at radius 1 is 1.53 bits per heavy atom. The van der Waals surface area contributed by atoms with Gasteiger partial charge in [0.25, 0.3) is 5.91 Å². The summed E-state index contributed by atoms with van der Waals surface area (Å²) in [6.07, 6.45) is 0. The third kappa shape index (κ3) is 4.09. The van der Waals surface area contributed by atoms with Crippen molar-refractivity contribution in [2.24, 2.45) is 5.41 Å². The Bertz CT molecular complexity index is 421. The maximum Gasteiger partial charge on any atom is 0.252 e. The van der Waals surface area contributed by atoms with Gasteiger partial charge in [0.1, 0.15) is 5.82 Å². The molecule has 0 bridgehead atoms. The van der Waals surface area contributed by atoms with E-state index in [0.717, 1.165) is 0 Å². The molecule has 0 aliphatic heterocycles. The molecular formula is C12H15BrFNO2. The van der Waals surface area contributed by atoms with Crippen LogP contribution in [0.5, 0.6) is 0 Å². The third-order valence-electron chi connectivity index (χ3n) is 2.33. The summed E-state index contributed by atoms with van der Waals surface area (Å²) in [5.41, 5.74) is -0.145. The van der Waals surface area contributed by atoms with E-state index in [-0.39, 0.29) is 18.1 Å². The van der Waals surface area contributed by atoms with Crippen LogP contribution in [-0.2, 0) is 0 Å². The monoisotopic (exact) mass is 303 g/mol. The molecule has 0 aliphatic rings. The lowest BCUT2D eigenvalue weighted by Gasteiger charge is -2.21. The highest BCUT2D eigenvalue weighted by Crippen LogP contribution is 2.18. The fourth-order valence-corrected chi connectivity index (χ4v) is 1.57. The van der Waals surface area contributed by atoms with Crippen molar-refractivity contribution in [3.8, 4) is 0 Å². The molecule has 2 N–H and O–H groups in total. The molecule has 1 amide bonds. The van der Waals surface area contributed by atoms with Gasteiger partial charge in [-0.2, -0.15) is 0 Å². The highest BCUT2D eigenvalue weighted by atomic mass is 79.9. The van der Waals surface area contributed by atoms with Crippen molar-refractivity contribution in [1.29, 1.82) is 0 Å². The van der Waals surface area contributed by atoms with Gasteiger partial charge in [-0.3, -0.25) is 4.79 Å². The average molecular weight is 304 g/mol. The molecule has 0 aliphatic carbocycles. The lowest BCUT2D eigenvalue weighted by atomic mass is 9.95. The van der Waals surface area contributed by atoms with Crippen molar-refractivity contribution in [3.05, 3.63) is 34.1 Å². The molecule has 0 unspecified atom stereocenters. The van der Waals surface area contributed by atoms with Gasteiger partial charge in [-0.05, 0) is 34.1 Å². The third-order valence-corrected chi connectivity index (χ3v) is 3.02. The van der Waals surface area contributed by atoms with Crippen molar-refractivity contribution in [3.63, 3.8) is 0 Å². The molecule has 1 rings (SSSR count). The standard InChI is InChI=1S/C12H15BrFNO2/c1-12(2,7-16)6-15-11(17)9-5-8(14)3-4-10(9)13/h3-5,16H,6-7H2,1-2H3,(H,15,17). The summed E-state index contributed by atoms with van der Waals surface area (Å²) < 4.78 is 13.5. The Morgan fingerprint density at radius 3 is 2.76 bits per heavy atom. The average Bonchev–Trinajstić information content (AvgIpc) is 2.29. The molecule has 0 saturated heterocycles. The summed E-state index contributed by atoms with van der Waals surface area (Å²) in [6, 6.07) is 3.94. The number of rotatable bonds is 4. The van der Waals surface area contributed by atoms with Gasteiger partial charge in [0.2, 0.25) is 0 Å². The van der Waals surface area contributed by atoms with Crippen LogP contribution in [0.25, 0.3) is 0 Å². The first-order chi connectivity index (χ1) is 7.85. The van der Waals surface area contributed by atoms with Gasteiger partial charge in [0, 0.05) is 23.0 Å². The number of amides is 1. The van der Waals surface area contributed by atoms with Crippen LogP contribution in [0.4, 0.5) is 4.39 Å². The van der Waals surface area contributed by atoms with E-state index in [1.165, 1.54) is 18.2 Å². The Balaban J connectivity index is 2.74. The Hall–Kier alpha value is -0.940. The van der Waals surface area contributed by atoms with Crippen molar-refractivity contribution in [2.75, 3.05) is 13.2 Å². The minimum absolute atomic E-state index is 0.0302. The van der Waals surface area contributed by atoms with Crippen LogP contribution in [0.3, 0.4) is 0 Å². The minimum atomic E-state index is -0.459. The predicted octanol–water partition coefficient (Wildman–Crippen LogP) is 2.34. The largest absolute Gasteiger partial charge is 0.396 e. The fraction of sp³-hybridized carbons (Fsp3) is 0.417. The van der Waals surface area contributed by atoms with E-state index < -0.39 is 11.2 Å². The maximum absolute atomic E-state index is 13.0. The highest BCUT2D eigenvalue weighted by Gasteiger charge is 2.19. The van der Waals surface area contributed by atoms with Gasteiger partial charge in [0.05, 0.1) is 5.56 Å². The Kier molecular flexibility index (Phi) is 4.65. The summed E-state index contributed by atoms with van der Waals surface area (Å²) in [5.74, 6) is -0.822. The molecule has 94 valence electrons. The molecule has 0 radical (unpaired) electrons. The molecule has 0 heterocycles. The van der Waals surface area contributed by atoms with Crippen LogP contribution < -0.4 is 5.32 Å². The van der Waals surface area contributed by atoms with Gasteiger partial charge < -0.3 is 10.4 Å². The first-order valence-corrected chi connectivity index (χ1v) is 5.99. The van der Waals surface area contributed by atoms with Crippen LogP contribution in [-0.4, -0.2) is 24.2 Å². The summed E-state index contributed by atoms with van der Waals surface area (Å²) >= 11 is 3.19. The molecule has 0 spiro atoms. The SMILES string of the molecule is CC(C)(CO)CNC(=O)c1cc(F)ccc1Br. The van der Waals surface area contributed by atoms with Crippen LogP contribution in [0, 0.1) is 11.2 Å². The van der Waals surface area contributed by atoms with E-state index in [1.54, 1.807) is 0 Å². The van der Waals surface area contributed by atoms with E-state index in [1.807, 2.05) is 13.8 Å². The molecular weight excluding hydrogens is 289 g/mol. The smallest absolute Gasteiger partial charge is 0.252 e. The van der Waals surface area contributed by atoms with Crippen molar-refractivity contribution >= 4 is 21.8 Å². The zero-order valence-corrected chi connectivity index (χ0v) is 11.3. The highest BCUT2D eigenvalue weighted by molar-refractivity contribution is 9.10. The van der Waals surface area contributed by atoms with E-state index >= 15 is 0 Å². The van der Waals surface area contributed by atoms with Gasteiger partial charge in [-0.15, -0.1) is 0 Å². The molecule has 1 aromatic carbocycles. The summed E-state index contributed by atoms with van der Waals surface area (Å²) in [4.78, 5) is 11.8. The molecule has 3 nitrogen and oxygen atoms in total. The number of carbonyl (C=O) groups excluding carboxylic acids is 1. The minimum Gasteiger partial charge on any atom is -0.396 e. The summed E-state index contributed by atoms with van der Waals surface area (Å²) in [5, 5.41) is 11.7. The van der Waals surface area contributed by atoms with Crippen molar-refractivity contribution < 1.29 is 14.3 Å². The van der Waals surface area contributed by atoms with E-state index in [9.17, 15) is 9.18 Å². The quantitative estimate of drug-likeness (QED) is 0.897. The van der Waals surface area contributed by atoms with Crippen molar-refractivity contribution in [2.45, 2.75) is 13.8 Å². The Labute approximate surface area is 108 Å². The van der Waals surface area contributed by atoms with Gasteiger partial charge in [-0.25, -0.2) is 4.39 Å². The molecule has 0 atom stereocenters. The topological polar surface area (TPSA) is 49.3 Å². The zero-order chi connectivity index (χ0) is 13.1. The molecule has 0 aromatic heterocycles. The Morgan fingerprint density at radius 2 is 2.18 bits per heavy atom. The second-order valence-corrected chi connectivity index (χ2v) is 5.48. The van der Waals surface area contributed by atoms with Crippen molar-refractivity contribution in [1.82, 2.24) is 5.32 Å². The molecule has 0 fully saturated rings. The predicted molar refractivity (Wildman–Crippen MR) is 67.3 cm³/mol. The zero-order valence-electron chi connectivity index (χ0n) is 9.76. The normalized spacial score (nSPS) is 11.4. The fourth-order valence-electron chi connectivity index (χ4n) is 1.14. The number of hydrogen-bond donors (Lipinski definition) is 2. The number of halogens is 2. The number of benzene rings is 1. The van der Waals surface area contributed by atoms with Gasteiger partial charge in [-0.1, -0.05) is 13.8 Å². The first-order valence-electron chi connectivity index (χ1n) is 5.20. The number of hydrogen-bond acceptors (Lipinski definition) is 2. The number of aliphatic hydroxyl groups excluding tert-OH is 1. The molecule has 5 heteroatoms. The van der Waals surface area contributed by atoms with Crippen LogP contribution >= 0.6 is 15.9 Å². The van der Waals surface area contributed by atoms with Gasteiger partial charge in [0.15, 0.2) is 0 Å². The molecule has 0 saturated carbocycles. The second kappa shape index (κ2) is 5.60. The van der Waals surface area contributed by atoms with E-state index in [0.29, 0.717) is 11.0 Å². The van der Waals surface area contributed by atoms with Gasteiger partial charge >= 0.3 is 0 Å². The lowest BCUT2D eigenvalue weighted by molar-refractivity contribution is 0.0910. The maximum atomic E-state index is 13.0. The summed E-state index contributed by atoms with van der Waals surface area (Å²) in [7, 11) is 0. The summed E-state index contributed by atoms with van der Waals surface area (Å²) in [6.45, 7) is 3.95. The van der Waals surface area contributed by atoms with E-state index in [2.05, 4.69) is 21.2 Å². The number of carbonyl (C=O) groups is 1. The number of aliphatic hydroxyl groups is 1. The van der Waals surface area contributed by atoms with Crippen LogP contribution in [0.2, 0.25) is 0 Å².